The summed E-state index contributed by atoms with van der Waals surface area (Å²) in [5.41, 5.74) is 0.0422. The molecule has 2 unspecified atom stereocenters. The lowest BCUT2D eigenvalue weighted by atomic mass is 9.95. The molecule has 2 rings (SSSR count). The monoisotopic (exact) mass is 225 g/mol. The minimum atomic E-state index is 0.0422. The molecule has 2 fully saturated rings. The van der Waals surface area contributed by atoms with E-state index in [4.69, 9.17) is 0 Å². The molecule has 0 N–H and O–H groups in total. The number of carbonyl (C=O) groups is 1. The fourth-order valence-corrected chi connectivity index (χ4v) is 3.52. The number of quaternary nitrogens is 1. The quantitative estimate of drug-likeness (QED) is 0.632. The maximum absolute atomic E-state index is 12.7. The van der Waals surface area contributed by atoms with Gasteiger partial charge in [-0.1, -0.05) is 0 Å². The van der Waals surface area contributed by atoms with Crippen LogP contribution in [0.25, 0.3) is 0 Å². The number of amides is 1. The highest BCUT2D eigenvalue weighted by atomic mass is 16.2. The van der Waals surface area contributed by atoms with Crippen LogP contribution in [-0.4, -0.2) is 53.0 Å². The van der Waals surface area contributed by atoms with Gasteiger partial charge in [0, 0.05) is 6.54 Å². The summed E-state index contributed by atoms with van der Waals surface area (Å²) in [6.07, 6.45) is 2.28. The molecule has 2 aliphatic rings. The number of hydrogen-bond donors (Lipinski definition) is 0. The lowest BCUT2D eigenvalue weighted by Crippen LogP contribution is -2.72. The highest BCUT2D eigenvalue weighted by molar-refractivity contribution is 5.76. The van der Waals surface area contributed by atoms with Gasteiger partial charge in [-0.25, -0.2) is 4.79 Å². The second kappa shape index (κ2) is 3.81. The van der Waals surface area contributed by atoms with Crippen molar-refractivity contribution in [1.29, 1.82) is 0 Å². The molecule has 2 aliphatic heterocycles. The summed E-state index contributed by atoms with van der Waals surface area (Å²) in [7, 11) is 0. The summed E-state index contributed by atoms with van der Waals surface area (Å²) in [6.45, 7) is 12.9. The van der Waals surface area contributed by atoms with Crippen LogP contribution in [-0.2, 0) is 4.79 Å². The van der Waals surface area contributed by atoms with Gasteiger partial charge in [0.15, 0.2) is 0 Å². The highest BCUT2D eigenvalue weighted by Crippen LogP contribution is 2.34. The Morgan fingerprint density at radius 1 is 1.38 bits per heavy atom. The summed E-state index contributed by atoms with van der Waals surface area (Å²) in [5, 5.41) is 0. The van der Waals surface area contributed by atoms with Crippen molar-refractivity contribution in [3.63, 3.8) is 0 Å². The number of nitrogens with zero attached hydrogens (tertiary/aromatic N) is 2. The van der Waals surface area contributed by atoms with Gasteiger partial charge in [-0.05, 0) is 47.1 Å². The summed E-state index contributed by atoms with van der Waals surface area (Å²) < 4.78 is 0.675. The highest BCUT2D eigenvalue weighted by Gasteiger charge is 2.54. The van der Waals surface area contributed by atoms with Crippen LogP contribution in [0.4, 0.5) is 0 Å². The van der Waals surface area contributed by atoms with E-state index in [0.717, 1.165) is 32.6 Å². The van der Waals surface area contributed by atoms with E-state index in [0.29, 0.717) is 10.4 Å². The van der Waals surface area contributed by atoms with Crippen molar-refractivity contribution in [1.82, 2.24) is 4.90 Å². The zero-order valence-electron chi connectivity index (χ0n) is 11.1. The second-order valence-corrected chi connectivity index (χ2v) is 6.21. The number of carbonyl (C=O) groups excluding carboxylic acids is 1. The zero-order valence-corrected chi connectivity index (χ0v) is 11.1. The molecule has 0 aromatic heterocycles. The number of hydrogen-bond acceptors (Lipinski definition) is 2. The molecule has 0 radical (unpaired) electrons. The average molecular weight is 225 g/mol. The van der Waals surface area contributed by atoms with Crippen molar-refractivity contribution in [3.05, 3.63) is 0 Å². The van der Waals surface area contributed by atoms with E-state index >= 15 is 0 Å². The van der Waals surface area contributed by atoms with Crippen LogP contribution in [0.5, 0.6) is 0 Å². The molecule has 0 aromatic carbocycles. The van der Waals surface area contributed by atoms with Gasteiger partial charge in [-0.2, -0.15) is 0 Å². The van der Waals surface area contributed by atoms with Crippen LogP contribution in [0, 0.1) is 0 Å². The lowest BCUT2D eigenvalue weighted by Gasteiger charge is -2.51. The van der Waals surface area contributed by atoms with Crippen molar-refractivity contribution in [2.24, 2.45) is 0 Å². The number of rotatable bonds is 1. The lowest BCUT2D eigenvalue weighted by molar-refractivity contribution is -0.903. The van der Waals surface area contributed by atoms with Gasteiger partial charge in [0.2, 0.25) is 0 Å². The largest absolute Gasteiger partial charge is 0.331 e. The van der Waals surface area contributed by atoms with Gasteiger partial charge in [0.1, 0.15) is 6.04 Å². The van der Waals surface area contributed by atoms with Crippen LogP contribution >= 0.6 is 0 Å². The number of fused-ring (bicyclic) bond motifs is 1. The Morgan fingerprint density at radius 2 is 2.06 bits per heavy atom. The molecule has 0 aromatic rings. The van der Waals surface area contributed by atoms with E-state index in [2.05, 4.69) is 32.6 Å². The second-order valence-electron chi connectivity index (χ2n) is 6.21. The van der Waals surface area contributed by atoms with Crippen molar-refractivity contribution in [2.75, 3.05) is 26.2 Å². The molecule has 3 nitrogen and oxygen atoms in total. The molecular weight excluding hydrogens is 200 g/mol. The van der Waals surface area contributed by atoms with Gasteiger partial charge in [0.25, 0.3) is 0 Å². The van der Waals surface area contributed by atoms with Crippen molar-refractivity contribution < 1.29 is 9.28 Å². The Kier molecular flexibility index (Phi) is 2.87. The first kappa shape index (κ1) is 12.1. The van der Waals surface area contributed by atoms with Crippen molar-refractivity contribution >= 4 is 5.91 Å². The third kappa shape index (κ3) is 1.52. The summed E-state index contributed by atoms with van der Waals surface area (Å²) >= 11 is 0. The van der Waals surface area contributed by atoms with E-state index in [9.17, 15) is 4.79 Å². The van der Waals surface area contributed by atoms with Gasteiger partial charge in [-0.15, -0.1) is 0 Å². The number of piperazine rings is 1. The maximum Gasteiger partial charge on any atom is 0.331 e. The van der Waals surface area contributed by atoms with E-state index in [1.807, 2.05) is 0 Å². The fourth-order valence-electron chi connectivity index (χ4n) is 3.52. The smallest absolute Gasteiger partial charge is 0.283 e. The van der Waals surface area contributed by atoms with E-state index in [1.54, 1.807) is 0 Å². The van der Waals surface area contributed by atoms with E-state index < -0.39 is 0 Å². The fraction of sp³-hybridized carbons (Fsp3) is 0.923. The Labute approximate surface area is 99.0 Å². The Bertz CT molecular complexity index is 295. The average Bonchev–Trinajstić information content (AvgIpc) is 2.65. The summed E-state index contributed by atoms with van der Waals surface area (Å²) in [4.78, 5) is 15.1. The number of likely N-dealkylation sites (N-methyl/N-ethyl adjacent to an activating group) is 1. The molecule has 1 amide bonds. The first-order valence-electron chi connectivity index (χ1n) is 6.58. The van der Waals surface area contributed by atoms with E-state index in [-0.39, 0.29) is 11.6 Å². The predicted octanol–water partition coefficient (Wildman–Crippen LogP) is 1.63. The minimum Gasteiger partial charge on any atom is -0.283 e. The third-order valence-electron chi connectivity index (χ3n) is 4.66. The topological polar surface area (TPSA) is 20.3 Å². The minimum absolute atomic E-state index is 0.0422. The van der Waals surface area contributed by atoms with Gasteiger partial charge < -0.3 is 0 Å². The third-order valence-corrected chi connectivity index (χ3v) is 4.66. The van der Waals surface area contributed by atoms with Crippen LogP contribution in [0.15, 0.2) is 0 Å². The SMILES string of the molecule is CC[N+]1(C(C)(C)C)CCN2CCCC2C1=O. The molecule has 0 aliphatic carbocycles. The molecule has 3 heteroatoms. The van der Waals surface area contributed by atoms with Crippen molar-refractivity contribution in [2.45, 2.75) is 52.1 Å². The first-order valence-corrected chi connectivity index (χ1v) is 6.58. The van der Waals surface area contributed by atoms with Crippen LogP contribution < -0.4 is 0 Å². The maximum atomic E-state index is 12.7. The Morgan fingerprint density at radius 3 is 2.62 bits per heavy atom. The molecular formula is C13H25N2O+. The van der Waals surface area contributed by atoms with E-state index in [1.165, 1.54) is 6.42 Å². The van der Waals surface area contributed by atoms with Crippen LogP contribution in [0.3, 0.4) is 0 Å². The van der Waals surface area contributed by atoms with Gasteiger partial charge in [0.05, 0.1) is 18.6 Å². The molecule has 0 spiro atoms. The molecule has 2 saturated heterocycles. The zero-order chi connectivity index (χ0) is 12.0. The molecule has 2 atom stereocenters. The van der Waals surface area contributed by atoms with Gasteiger partial charge >= 0.3 is 5.91 Å². The first-order chi connectivity index (χ1) is 7.42. The van der Waals surface area contributed by atoms with Gasteiger partial charge in [-0.3, -0.25) is 9.38 Å². The normalized spacial score (nSPS) is 36.5. The van der Waals surface area contributed by atoms with Crippen LogP contribution in [0.2, 0.25) is 0 Å². The molecule has 2 heterocycles. The van der Waals surface area contributed by atoms with Crippen molar-refractivity contribution in [3.8, 4) is 0 Å². The standard InChI is InChI=1S/C13H25N2O/c1-5-15(13(2,3)4)10-9-14-8-6-7-11(14)12(15)16/h11H,5-10H2,1-4H3/q+1. The van der Waals surface area contributed by atoms with Crippen LogP contribution in [0.1, 0.15) is 40.5 Å². The molecule has 0 saturated carbocycles. The Balaban J connectivity index is 2.31. The Hall–Kier alpha value is -0.410. The molecule has 92 valence electrons. The summed E-state index contributed by atoms with van der Waals surface area (Å²) in [6, 6.07) is 0.216. The predicted molar refractivity (Wildman–Crippen MR) is 65.0 cm³/mol. The molecule has 0 bridgehead atoms. The molecule has 16 heavy (non-hydrogen) atoms. The summed E-state index contributed by atoms with van der Waals surface area (Å²) in [5.74, 6) is 0.471.